The molecular weight excluding hydrogens is 244 g/mol. The monoisotopic (exact) mass is 262 g/mol. The maximum atomic E-state index is 9.48. The van der Waals surface area contributed by atoms with Crippen LogP contribution in [0.5, 0.6) is 0 Å². The Morgan fingerprint density at radius 1 is 1.33 bits per heavy atom. The fraction of sp³-hybridized carbons (Fsp3) is 0.357. The molecule has 0 saturated carbocycles. The summed E-state index contributed by atoms with van der Waals surface area (Å²) in [6, 6.07) is 10.4. The summed E-state index contributed by atoms with van der Waals surface area (Å²) in [5, 5.41) is 10.4. The number of likely N-dealkylation sites (N-methyl/N-ethyl adjacent to an activating group) is 1. The summed E-state index contributed by atoms with van der Waals surface area (Å²) in [7, 11) is 2.04. The van der Waals surface area contributed by atoms with E-state index in [2.05, 4.69) is 34.1 Å². The van der Waals surface area contributed by atoms with Crippen LogP contribution in [0.4, 0.5) is 5.13 Å². The third-order valence-corrected chi connectivity index (χ3v) is 4.11. The van der Waals surface area contributed by atoms with Gasteiger partial charge in [0.05, 0.1) is 11.0 Å². The lowest BCUT2D eigenvalue weighted by Crippen LogP contribution is -2.19. The smallest absolute Gasteiger partial charge is 0.185 e. The highest BCUT2D eigenvalue weighted by atomic mass is 32.1. The molecule has 4 heteroatoms. The van der Waals surface area contributed by atoms with Crippen LogP contribution < -0.4 is 4.90 Å². The fourth-order valence-electron chi connectivity index (χ4n) is 1.68. The van der Waals surface area contributed by atoms with Crippen molar-refractivity contribution in [3.05, 3.63) is 47.0 Å². The highest BCUT2D eigenvalue weighted by molar-refractivity contribution is 7.15. The molecule has 0 amide bonds. The summed E-state index contributed by atoms with van der Waals surface area (Å²) in [5.74, 6) is 0. The van der Waals surface area contributed by atoms with Gasteiger partial charge in [0.25, 0.3) is 0 Å². The molecule has 1 aromatic carbocycles. The Labute approximate surface area is 112 Å². The van der Waals surface area contributed by atoms with Crippen LogP contribution in [0.3, 0.4) is 0 Å². The Kier molecular flexibility index (Phi) is 4.33. The first-order chi connectivity index (χ1) is 8.66. The minimum absolute atomic E-state index is 0.432. The molecule has 2 rings (SSSR count). The highest BCUT2D eigenvalue weighted by Gasteiger charge is 2.10. The molecule has 1 N–H and O–H groups in total. The van der Waals surface area contributed by atoms with Crippen LogP contribution in [0.1, 0.15) is 23.5 Å². The topological polar surface area (TPSA) is 36.4 Å². The molecule has 1 unspecified atom stereocenters. The molecule has 0 spiro atoms. The number of aliphatic hydroxyl groups excluding tert-OH is 1. The lowest BCUT2D eigenvalue weighted by atomic mass is 10.1. The molecule has 96 valence electrons. The molecule has 1 aromatic heterocycles. The molecule has 18 heavy (non-hydrogen) atoms. The van der Waals surface area contributed by atoms with Gasteiger partial charge in [-0.2, -0.15) is 0 Å². The minimum Gasteiger partial charge on any atom is -0.388 e. The van der Waals surface area contributed by atoms with Crippen molar-refractivity contribution in [2.75, 3.05) is 18.5 Å². The first-order valence-corrected chi connectivity index (χ1v) is 6.87. The Balaban J connectivity index is 1.93. The predicted molar refractivity (Wildman–Crippen MR) is 76.2 cm³/mol. The van der Waals surface area contributed by atoms with Gasteiger partial charge in [0.2, 0.25) is 0 Å². The molecule has 0 radical (unpaired) electrons. The zero-order valence-electron chi connectivity index (χ0n) is 10.7. The molecule has 0 aliphatic carbocycles. The van der Waals surface area contributed by atoms with Gasteiger partial charge >= 0.3 is 0 Å². The summed E-state index contributed by atoms with van der Waals surface area (Å²) < 4.78 is 0. The zero-order chi connectivity index (χ0) is 13.0. The quantitative estimate of drug-likeness (QED) is 0.900. The number of hydrogen-bond acceptors (Lipinski definition) is 4. The molecular formula is C14H18N2OS. The van der Waals surface area contributed by atoms with Gasteiger partial charge in [-0.25, -0.2) is 4.98 Å². The molecule has 0 aliphatic rings. The molecule has 1 atom stereocenters. The van der Waals surface area contributed by atoms with E-state index >= 15 is 0 Å². The minimum atomic E-state index is -0.432. The largest absolute Gasteiger partial charge is 0.388 e. The second-order valence-corrected chi connectivity index (χ2v) is 5.42. The van der Waals surface area contributed by atoms with Crippen LogP contribution in [-0.4, -0.2) is 23.7 Å². The number of anilines is 1. The van der Waals surface area contributed by atoms with Crippen molar-refractivity contribution in [3.8, 4) is 0 Å². The first kappa shape index (κ1) is 13.1. The number of benzene rings is 1. The van der Waals surface area contributed by atoms with Crippen LogP contribution in [0.15, 0.2) is 36.5 Å². The van der Waals surface area contributed by atoms with E-state index in [1.165, 1.54) is 5.56 Å². The summed E-state index contributed by atoms with van der Waals surface area (Å²) in [5.41, 5.74) is 1.33. The predicted octanol–water partition coefficient (Wildman–Crippen LogP) is 2.88. The molecule has 0 fully saturated rings. The lowest BCUT2D eigenvalue weighted by Gasteiger charge is -2.15. The van der Waals surface area contributed by atoms with E-state index in [0.717, 1.165) is 23.0 Å². The summed E-state index contributed by atoms with van der Waals surface area (Å²) in [4.78, 5) is 7.38. The second kappa shape index (κ2) is 5.98. The maximum Gasteiger partial charge on any atom is 0.185 e. The van der Waals surface area contributed by atoms with Crippen molar-refractivity contribution in [2.24, 2.45) is 0 Å². The summed E-state index contributed by atoms with van der Waals surface area (Å²) in [6.07, 6.45) is 2.32. The third kappa shape index (κ3) is 3.31. The molecule has 2 aromatic rings. The van der Waals surface area contributed by atoms with Crippen molar-refractivity contribution in [1.82, 2.24) is 4.98 Å². The number of aliphatic hydroxyl groups is 1. The van der Waals surface area contributed by atoms with E-state index in [1.807, 2.05) is 13.1 Å². The van der Waals surface area contributed by atoms with Crippen LogP contribution in [0, 0.1) is 0 Å². The number of nitrogens with zero attached hydrogens (tertiary/aromatic N) is 2. The van der Waals surface area contributed by atoms with Crippen molar-refractivity contribution in [3.63, 3.8) is 0 Å². The standard InChI is InChI=1S/C14H18N2OS/c1-11(17)13-10-15-14(18-13)16(2)9-8-12-6-4-3-5-7-12/h3-7,10-11,17H,8-9H2,1-2H3. The van der Waals surface area contributed by atoms with Crippen molar-refractivity contribution in [1.29, 1.82) is 0 Å². The Hall–Kier alpha value is -1.39. The maximum absolute atomic E-state index is 9.48. The average molecular weight is 262 g/mol. The van der Waals surface area contributed by atoms with Gasteiger partial charge in [0.15, 0.2) is 5.13 Å². The summed E-state index contributed by atoms with van der Waals surface area (Å²) >= 11 is 1.55. The van der Waals surface area contributed by atoms with Crippen LogP contribution >= 0.6 is 11.3 Å². The fourth-order valence-corrected chi connectivity index (χ4v) is 2.52. The van der Waals surface area contributed by atoms with Crippen molar-refractivity contribution < 1.29 is 5.11 Å². The Bertz CT molecular complexity index is 482. The van der Waals surface area contributed by atoms with E-state index < -0.39 is 6.10 Å². The number of thiazole rings is 1. The third-order valence-electron chi connectivity index (χ3n) is 2.83. The molecule has 0 saturated heterocycles. The van der Waals surface area contributed by atoms with E-state index in [9.17, 15) is 5.11 Å². The summed E-state index contributed by atoms with van der Waals surface area (Å²) in [6.45, 7) is 2.69. The second-order valence-electron chi connectivity index (χ2n) is 4.38. The van der Waals surface area contributed by atoms with Gasteiger partial charge in [0.1, 0.15) is 0 Å². The number of rotatable bonds is 5. The number of aromatic nitrogens is 1. The first-order valence-electron chi connectivity index (χ1n) is 6.05. The van der Waals surface area contributed by atoms with Crippen LogP contribution in [0.2, 0.25) is 0 Å². The van der Waals surface area contributed by atoms with E-state index in [4.69, 9.17) is 0 Å². The van der Waals surface area contributed by atoms with Gasteiger partial charge in [-0.15, -0.1) is 0 Å². The highest BCUT2D eigenvalue weighted by Crippen LogP contribution is 2.26. The van der Waals surface area contributed by atoms with Gasteiger partial charge < -0.3 is 10.0 Å². The van der Waals surface area contributed by atoms with Crippen molar-refractivity contribution >= 4 is 16.5 Å². The van der Waals surface area contributed by atoms with Crippen molar-refractivity contribution in [2.45, 2.75) is 19.4 Å². The van der Waals surface area contributed by atoms with E-state index in [0.29, 0.717) is 0 Å². The zero-order valence-corrected chi connectivity index (χ0v) is 11.5. The van der Waals surface area contributed by atoms with Gasteiger partial charge in [-0.3, -0.25) is 0 Å². The SMILES string of the molecule is CC(O)c1cnc(N(C)CCc2ccccc2)s1. The molecule has 1 heterocycles. The molecule has 0 aliphatic heterocycles. The van der Waals surface area contributed by atoms with Gasteiger partial charge in [0, 0.05) is 19.8 Å². The Morgan fingerprint density at radius 3 is 2.67 bits per heavy atom. The Morgan fingerprint density at radius 2 is 2.06 bits per heavy atom. The van der Waals surface area contributed by atoms with E-state index in [1.54, 1.807) is 24.5 Å². The van der Waals surface area contributed by atoms with E-state index in [-0.39, 0.29) is 0 Å². The molecule has 0 bridgehead atoms. The molecule has 3 nitrogen and oxygen atoms in total. The number of hydrogen-bond donors (Lipinski definition) is 1. The van der Waals surface area contributed by atoms with Gasteiger partial charge in [-0.1, -0.05) is 41.7 Å². The lowest BCUT2D eigenvalue weighted by molar-refractivity contribution is 0.203. The normalized spacial score (nSPS) is 12.4. The average Bonchev–Trinajstić information content (AvgIpc) is 2.87. The van der Waals surface area contributed by atoms with Crippen LogP contribution in [0.25, 0.3) is 0 Å². The van der Waals surface area contributed by atoms with Gasteiger partial charge in [-0.05, 0) is 18.9 Å². The van der Waals surface area contributed by atoms with Crippen LogP contribution in [-0.2, 0) is 6.42 Å².